The van der Waals surface area contributed by atoms with Crippen LogP contribution in [0.5, 0.6) is 5.88 Å². The summed E-state index contributed by atoms with van der Waals surface area (Å²) in [6.07, 6.45) is 2.85. The van der Waals surface area contributed by atoms with Crippen LogP contribution >= 0.6 is 0 Å². The highest BCUT2D eigenvalue weighted by atomic mass is 16.5. The van der Waals surface area contributed by atoms with E-state index >= 15 is 0 Å². The second kappa shape index (κ2) is 8.31. The van der Waals surface area contributed by atoms with E-state index in [0.717, 1.165) is 25.5 Å². The van der Waals surface area contributed by atoms with Crippen molar-refractivity contribution in [1.29, 1.82) is 0 Å². The molecule has 0 unspecified atom stereocenters. The highest BCUT2D eigenvalue weighted by molar-refractivity contribution is 5.94. The number of aromatic hydroxyl groups is 1. The van der Waals surface area contributed by atoms with E-state index in [0.29, 0.717) is 19.6 Å². The number of aromatic amines is 1. The Morgan fingerprint density at radius 3 is 2.79 bits per heavy atom. The highest BCUT2D eigenvalue weighted by Gasteiger charge is 2.07. The van der Waals surface area contributed by atoms with E-state index in [1.165, 1.54) is 6.07 Å². The van der Waals surface area contributed by atoms with Crippen molar-refractivity contribution >= 4 is 5.91 Å². The SMILES string of the molecule is CCCCOCCCNC(=O)c1cc(O)[nH]c(=O)c1. The van der Waals surface area contributed by atoms with Gasteiger partial charge in [0, 0.05) is 31.9 Å². The second-order valence-electron chi connectivity index (χ2n) is 4.19. The number of carbonyl (C=O) groups is 1. The Kier molecular flexibility index (Phi) is 6.67. The van der Waals surface area contributed by atoms with E-state index in [9.17, 15) is 14.7 Å². The lowest BCUT2D eigenvalue weighted by Crippen LogP contribution is -2.26. The molecule has 1 rings (SSSR count). The summed E-state index contributed by atoms with van der Waals surface area (Å²) in [7, 11) is 0. The second-order valence-corrected chi connectivity index (χ2v) is 4.19. The van der Waals surface area contributed by atoms with Gasteiger partial charge in [-0.1, -0.05) is 13.3 Å². The van der Waals surface area contributed by atoms with Gasteiger partial charge in [0.05, 0.1) is 5.56 Å². The molecule has 0 atom stereocenters. The zero-order valence-electron chi connectivity index (χ0n) is 11.1. The molecular formula is C13H20N2O4. The Morgan fingerprint density at radius 2 is 2.11 bits per heavy atom. The minimum atomic E-state index is -0.506. The first-order valence-electron chi connectivity index (χ1n) is 6.42. The first-order chi connectivity index (χ1) is 9.13. The third kappa shape index (κ3) is 6.05. The highest BCUT2D eigenvalue weighted by Crippen LogP contribution is 2.03. The molecule has 1 amide bonds. The molecule has 1 aromatic rings. The van der Waals surface area contributed by atoms with Crippen molar-refractivity contribution in [1.82, 2.24) is 10.3 Å². The molecule has 1 aromatic heterocycles. The van der Waals surface area contributed by atoms with Crippen molar-refractivity contribution < 1.29 is 14.6 Å². The topological polar surface area (TPSA) is 91.4 Å². The van der Waals surface area contributed by atoms with Crippen molar-refractivity contribution in [3.63, 3.8) is 0 Å². The summed E-state index contributed by atoms with van der Waals surface area (Å²) in [5, 5.41) is 11.8. The fourth-order valence-corrected chi connectivity index (χ4v) is 1.49. The molecule has 3 N–H and O–H groups in total. The van der Waals surface area contributed by atoms with Crippen LogP contribution in [0.2, 0.25) is 0 Å². The van der Waals surface area contributed by atoms with Gasteiger partial charge < -0.3 is 15.2 Å². The molecule has 106 valence electrons. The third-order valence-electron chi connectivity index (χ3n) is 2.49. The molecule has 0 fully saturated rings. The first-order valence-corrected chi connectivity index (χ1v) is 6.42. The summed E-state index contributed by atoms with van der Waals surface area (Å²) in [5.74, 6) is -0.699. The van der Waals surface area contributed by atoms with Crippen LogP contribution < -0.4 is 10.9 Å². The van der Waals surface area contributed by atoms with E-state index < -0.39 is 5.56 Å². The Labute approximate surface area is 111 Å². The molecule has 0 spiro atoms. The average Bonchev–Trinajstić information content (AvgIpc) is 2.36. The molecular weight excluding hydrogens is 248 g/mol. The van der Waals surface area contributed by atoms with Gasteiger partial charge in [0.15, 0.2) is 5.88 Å². The average molecular weight is 268 g/mol. The molecule has 0 aliphatic heterocycles. The molecule has 0 saturated heterocycles. The zero-order chi connectivity index (χ0) is 14.1. The van der Waals surface area contributed by atoms with Crippen LogP contribution in [0, 0.1) is 0 Å². The van der Waals surface area contributed by atoms with Gasteiger partial charge in [-0.2, -0.15) is 0 Å². The van der Waals surface area contributed by atoms with E-state index in [1.54, 1.807) is 0 Å². The van der Waals surface area contributed by atoms with Crippen LogP contribution in [0.3, 0.4) is 0 Å². The predicted octanol–water partition coefficient (Wildman–Crippen LogP) is 1.02. The number of H-pyrrole nitrogens is 1. The third-order valence-corrected chi connectivity index (χ3v) is 2.49. The lowest BCUT2D eigenvalue weighted by Gasteiger charge is -2.06. The van der Waals surface area contributed by atoms with Crippen molar-refractivity contribution in [2.24, 2.45) is 0 Å². The van der Waals surface area contributed by atoms with Gasteiger partial charge in [0.2, 0.25) is 0 Å². The Morgan fingerprint density at radius 1 is 1.37 bits per heavy atom. The molecule has 0 bridgehead atoms. The quantitative estimate of drug-likeness (QED) is 0.614. The number of pyridine rings is 1. The van der Waals surface area contributed by atoms with E-state index in [2.05, 4.69) is 17.2 Å². The molecule has 6 heteroatoms. The molecule has 1 heterocycles. The molecule has 0 aliphatic rings. The van der Waals surface area contributed by atoms with Gasteiger partial charge in [0.25, 0.3) is 11.5 Å². The Balaban J connectivity index is 2.26. The minimum Gasteiger partial charge on any atom is -0.494 e. The summed E-state index contributed by atoms with van der Waals surface area (Å²) in [6.45, 7) is 3.91. The van der Waals surface area contributed by atoms with Gasteiger partial charge >= 0.3 is 0 Å². The molecule has 19 heavy (non-hydrogen) atoms. The number of carbonyl (C=O) groups excluding carboxylic acids is 1. The molecule has 0 aromatic carbocycles. The number of rotatable bonds is 8. The van der Waals surface area contributed by atoms with Crippen molar-refractivity contribution in [3.8, 4) is 5.88 Å². The van der Waals surface area contributed by atoms with E-state index in [-0.39, 0.29) is 17.4 Å². The maximum absolute atomic E-state index is 11.7. The number of aromatic nitrogens is 1. The summed E-state index contributed by atoms with van der Waals surface area (Å²) in [6, 6.07) is 2.36. The van der Waals surface area contributed by atoms with Gasteiger partial charge in [-0.15, -0.1) is 0 Å². The predicted molar refractivity (Wildman–Crippen MR) is 71.4 cm³/mol. The lowest BCUT2D eigenvalue weighted by atomic mass is 10.2. The number of nitrogens with one attached hydrogen (secondary N) is 2. The summed E-state index contributed by atoms with van der Waals surface area (Å²) >= 11 is 0. The number of unbranched alkanes of at least 4 members (excludes halogenated alkanes) is 1. The van der Waals surface area contributed by atoms with Crippen molar-refractivity contribution in [2.75, 3.05) is 19.8 Å². The van der Waals surface area contributed by atoms with Gasteiger partial charge in [-0.3, -0.25) is 14.6 Å². The molecule has 0 saturated carbocycles. The zero-order valence-corrected chi connectivity index (χ0v) is 11.1. The van der Waals surface area contributed by atoms with Crippen LogP contribution in [0.4, 0.5) is 0 Å². The van der Waals surface area contributed by atoms with Gasteiger partial charge in [-0.25, -0.2) is 0 Å². The standard InChI is InChI=1S/C13H20N2O4/c1-2-3-6-19-7-4-5-14-13(18)10-8-11(16)15-12(17)9-10/h8-9H,2-7H2,1H3,(H,14,18)(H2,15,16,17). The molecule has 0 radical (unpaired) electrons. The number of amides is 1. The van der Waals surface area contributed by atoms with E-state index in [1.807, 2.05) is 0 Å². The summed E-state index contributed by atoms with van der Waals surface area (Å²) in [5.41, 5.74) is -0.360. The minimum absolute atomic E-state index is 0.146. The first kappa shape index (κ1) is 15.2. The largest absolute Gasteiger partial charge is 0.494 e. The number of hydrogen-bond donors (Lipinski definition) is 3. The smallest absolute Gasteiger partial charge is 0.251 e. The molecule has 6 nitrogen and oxygen atoms in total. The fraction of sp³-hybridized carbons (Fsp3) is 0.538. The monoisotopic (exact) mass is 268 g/mol. The van der Waals surface area contributed by atoms with Crippen molar-refractivity contribution in [3.05, 3.63) is 28.0 Å². The summed E-state index contributed by atoms with van der Waals surface area (Å²) < 4.78 is 5.35. The lowest BCUT2D eigenvalue weighted by molar-refractivity contribution is 0.0939. The van der Waals surface area contributed by atoms with Crippen LogP contribution in [0.25, 0.3) is 0 Å². The Bertz CT molecular complexity index is 456. The van der Waals surface area contributed by atoms with Gasteiger partial charge in [-0.05, 0) is 12.8 Å². The van der Waals surface area contributed by atoms with Crippen LogP contribution in [0.15, 0.2) is 16.9 Å². The van der Waals surface area contributed by atoms with Crippen molar-refractivity contribution in [2.45, 2.75) is 26.2 Å². The fourth-order valence-electron chi connectivity index (χ4n) is 1.49. The Hall–Kier alpha value is -1.82. The normalized spacial score (nSPS) is 10.4. The van der Waals surface area contributed by atoms with Crippen LogP contribution in [-0.4, -0.2) is 35.8 Å². The van der Waals surface area contributed by atoms with Crippen LogP contribution in [0.1, 0.15) is 36.5 Å². The number of hydrogen-bond acceptors (Lipinski definition) is 4. The van der Waals surface area contributed by atoms with E-state index in [4.69, 9.17) is 4.74 Å². The maximum Gasteiger partial charge on any atom is 0.251 e. The molecule has 0 aliphatic carbocycles. The number of ether oxygens (including phenoxy) is 1. The summed E-state index contributed by atoms with van der Waals surface area (Å²) in [4.78, 5) is 24.9. The van der Waals surface area contributed by atoms with Gasteiger partial charge in [0.1, 0.15) is 0 Å². The van der Waals surface area contributed by atoms with Crippen LogP contribution in [-0.2, 0) is 4.74 Å². The maximum atomic E-state index is 11.7.